The van der Waals surface area contributed by atoms with E-state index < -0.39 is 0 Å². The van der Waals surface area contributed by atoms with Crippen LogP contribution in [-0.4, -0.2) is 26.3 Å². The predicted molar refractivity (Wildman–Crippen MR) is 46.6 cm³/mol. The van der Waals surface area contributed by atoms with Gasteiger partial charge < -0.3 is 10.1 Å². The van der Waals surface area contributed by atoms with Crippen molar-refractivity contribution in [2.75, 3.05) is 20.2 Å². The molecule has 0 radical (unpaired) electrons. The molecule has 0 aliphatic carbocycles. The second-order valence-corrected chi connectivity index (χ2v) is 4.40. The van der Waals surface area contributed by atoms with E-state index in [2.05, 4.69) is 26.1 Å². The Morgan fingerprint density at radius 2 is 1.91 bits per heavy atom. The van der Waals surface area contributed by atoms with Gasteiger partial charge in [0.25, 0.3) is 0 Å². The van der Waals surface area contributed by atoms with E-state index in [0.717, 1.165) is 13.1 Å². The van der Waals surface area contributed by atoms with Gasteiger partial charge in [0, 0.05) is 26.1 Å². The van der Waals surface area contributed by atoms with Crippen LogP contribution < -0.4 is 5.32 Å². The molecule has 2 atom stereocenters. The molecule has 0 unspecified atom stereocenters. The number of hydrogen-bond acceptors (Lipinski definition) is 2. The Kier molecular flexibility index (Phi) is 2.55. The summed E-state index contributed by atoms with van der Waals surface area (Å²) in [6.45, 7) is 8.94. The molecule has 1 aliphatic rings. The largest absolute Gasteiger partial charge is 0.380 e. The van der Waals surface area contributed by atoms with E-state index in [9.17, 15) is 0 Å². The molecule has 0 bridgehead atoms. The molecule has 0 aromatic carbocycles. The summed E-state index contributed by atoms with van der Waals surface area (Å²) in [5.41, 5.74) is 0.365. The van der Waals surface area contributed by atoms with E-state index >= 15 is 0 Å². The first-order valence-corrected chi connectivity index (χ1v) is 4.29. The van der Waals surface area contributed by atoms with Gasteiger partial charge in [0.1, 0.15) is 0 Å². The lowest BCUT2D eigenvalue weighted by atomic mass is 9.79. The van der Waals surface area contributed by atoms with Gasteiger partial charge in [0.2, 0.25) is 0 Å². The first-order chi connectivity index (χ1) is 5.05. The summed E-state index contributed by atoms with van der Waals surface area (Å²) < 4.78 is 5.39. The van der Waals surface area contributed by atoms with E-state index in [1.54, 1.807) is 7.11 Å². The van der Waals surface area contributed by atoms with E-state index in [-0.39, 0.29) is 0 Å². The van der Waals surface area contributed by atoms with Crippen LogP contribution in [0.5, 0.6) is 0 Å². The van der Waals surface area contributed by atoms with Gasteiger partial charge in [0.05, 0.1) is 6.10 Å². The molecule has 0 aromatic heterocycles. The Morgan fingerprint density at radius 1 is 1.27 bits per heavy atom. The van der Waals surface area contributed by atoms with Crippen LogP contribution in [-0.2, 0) is 4.74 Å². The summed E-state index contributed by atoms with van der Waals surface area (Å²) in [7, 11) is 1.80. The molecule has 1 N–H and O–H groups in total. The van der Waals surface area contributed by atoms with E-state index in [1.165, 1.54) is 0 Å². The third kappa shape index (κ3) is 1.94. The first-order valence-electron chi connectivity index (χ1n) is 4.29. The van der Waals surface area contributed by atoms with Crippen molar-refractivity contribution in [2.24, 2.45) is 11.3 Å². The highest BCUT2D eigenvalue weighted by atomic mass is 16.5. The van der Waals surface area contributed by atoms with Crippen molar-refractivity contribution >= 4 is 0 Å². The highest BCUT2D eigenvalue weighted by molar-refractivity contribution is 4.89. The van der Waals surface area contributed by atoms with Crippen LogP contribution in [0.4, 0.5) is 0 Å². The Balaban J connectivity index is 2.57. The number of hydrogen-bond donors (Lipinski definition) is 1. The molecule has 0 amide bonds. The number of methoxy groups -OCH3 is 1. The van der Waals surface area contributed by atoms with Crippen molar-refractivity contribution in [1.29, 1.82) is 0 Å². The summed E-state index contributed by atoms with van der Waals surface area (Å²) in [6, 6.07) is 0. The monoisotopic (exact) mass is 157 g/mol. The van der Waals surface area contributed by atoms with Crippen LogP contribution in [0.2, 0.25) is 0 Å². The van der Waals surface area contributed by atoms with Gasteiger partial charge in [0.15, 0.2) is 0 Å². The maximum absolute atomic E-state index is 5.39. The average Bonchev–Trinajstić information content (AvgIpc) is 2.31. The van der Waals surface area contributed by atoms with Crippen molar-refractivity contribution in [3.05, 3.63) is 0 Å². The molecule has 0 spiro atoms. The minimum absolute atomic E-state index is 0.365. The molecular formula is C9H19NO. The molecule has 1 rings (SSSR count). The van der Waals surface area contributed by atoms with Crippen molar-refractivity contribution in [3.63, 3.8) is 0 Å². The number of rotatable bonds is 1. The molecule has 11 heavy (non-hydrogen) atoms. The normalized spacial score (nSPS) is 32.7. The fourth-order valence-electron chi connectivity index (χ4n) is 1.77. The van der Waals surface area contributed by atoms with Crippen molar-refractivity contribution < 1.29 is 4.74 Å². The molecule has 2 heteroatoms. The second kappa shape index (κ2) is 3.11. The molecule has 1 fully saturated rings. The van der Waals surface area contributed by atoms with Crippen LogP contribution in [0, 0.1) is 11.3 Å². The summed E-state index contributed by atoms with van der Waals surface area (Å²) in [5.74, 6) is 0.660. The van der Waals surface area contributed by atoms with Gasteiger partial charge in [-0.1, -0.05) is 20.8 Å². The lowest BCUT2D eigenvalue weighted by Gasteiger charge is -2.30. The fraction of sp³-hybridized carbons (Fsp3) is 1.00. The molecule has 1 saturated heterocycles. The Labute approximate surface area is 69.3 Å². The summed E-state index contributed by atoms with van der Waals surface area (Å²) in [6.07, 6.45) is 0.412. The average molecular weight is 157 g/mol. The van der Waals surface area contributed by atoms with Gasteiger partial charge >= 0.3 is 0 Å². The van der Waals surface area contributed by atoms with E-state index in [1.807, 2.05) is 0 Å². The Morgan fingerprint density at radius 3 is 2.27 bits per heavy atom. The van der Waals surface area contributed by atoms with Crippen LogP contribution in [0.25, 0.3) is 0 Å². The quantitative estimate of drug-likeness (QED) is 0.619. The fourth-order valence-corrected chi connectivity index (χ4v) is 1.77. The zero-order chi connectivity index (χ0) is 8.48. The predicted octanol–water partition coefficient (Wildman–Crippen LogP) is 1.27. The van der Waals surface area contributed by atoms with E-state index in [0.29, 0.717) is 17.4 Å². The van der Waals surface area contributed by atoms with E-state index in [4.69, 9.17) is 4.74 Å². The Bertz CT molecular complexity index is 128. The van der Waals surface area contributed by atoms with Gasteiger partial charge in [-0.05, 0) is 5.41 Å². The smallest absolute Gasteiger partial charge is 0.0740 e. The summed E-state index contributed by atoms with van der Waals surface area (Å²) in [4.78, 5) is 0. The van der Waals surface area contributed by atoms with Crippen LogP contribution in [0.1, 0.15) is 20.8 Å². The van der Waals surface area contributed by atoms with Crippen molar-refractivity contribution in [1.82, 2.24) is 5.32 Å². The SMILES string of the molecule is CO[C@H]1CNC[C@@H]1C(C)(C)C. The van der Waals surface area contributed by atoms with Crippen LogP contribution in [0.3, 0.4) is 0 Å². The minimum atomic E-state index is 0.365. The second-order valence-electron chi connectivity index (χ2n) is 4.40. The molecule has 2 nitrogen and oxygen atoms in total. The van der Waals surface area contributed by atoms with Gasteiger partial charge in [-0.2, -0.15) is 0 Å². The lowest BCUT2D eigenvalue weighted by Crippen LogP contribution is -2.32. The molecule has 0 aromatic rings. The third-order valence-electron chi connectivity index (χ3n) is 2.57. The minimum Gasteiger partial charge on any atom is -0.380 e. The van der Waals surface area contributed by atoms with Gasteiger partial charge in [-0.3, -0.25) is 0 Å². The van der Waals surface area contributed by atoms with Crippen molar-refractivity contribution in [3.8, 4) is 0 Å². The highest BCUT2D eigenvalue weighted by Gasteiger charge is 2.35. The molecule has 0 saturated carbocycles. The first kappa shape index (κ1) is 9.01. The standard InChI is InChI=1S/C9H19NO/c1-9(2,3)7-5-10-6-8(7)11-4/h7-8,10H,5-6H2,1-4H3/t7-,8-/m0/s1. The zero-order valence-electron chi connectivity index (χ0n) is 7.98. The summed E-state index contributed by atoms with van der Waals surface area (Å²) >= 11 is 0. The molecule has 66 valence electrons. The Hall–Kier alpha value is -0.0800. The highest BCUT2D eigenvalue weighted by Crippen LogP contribution is 2.31. The lowest BCUT2D eigenvalue weighted by molar-refractivity contribution is 0.0391. The number of nitrogens with one attached hydrogen (secondary N) is 1. The van der Waals surface area contributed by atoms with Crippen molar-refractivity contribution in [2.45, 2.75) is 26.9 Å². The topological polar surface area (TPSA) is 21.3 Å². The number of ether oxygens (including phenoxy) is 1. The molecular weight excluding hydrogens is 138 g/mol. The third-order valence-corrected chi connectivity index (χ3v) is 2.57. The van der Waals surface area contributed by atoms with Gasteiger partial charge in [-0.15, -0.1) is 0 Å². The molecule has 1 aliphatic heterocycles. The maximum Gasteiger partial charge on any atom is 0.0740 e. The van der Waals surface area contributed by atoms with Gasteiger partial charge in [-0.25, -0.2) is 0 Å². The van der Waals surface area contributed by atoms with Crippen LogP contribution >= 0.6 is 0 Å². The zero-order valence-corrected chi connectivity index (χ0v) is 7.98. The maximum atomic E-state index is 5.39. The van der Waals surface area contributed by atoms with Crippen LogP contribution in [0.15, 0.2) is 0 Å². The molecule has 1 heterocycles. The summed E-state index contributed by atoms with van der Waals surface area (Å²) in [5, 5.41) is 3.35.